The molecule has 0 aliphatic rings. The predicted octanol–water partition coefficient (Wildman–Crippen LogP) is 2.28. The molecule has 64 valence electrons. The number of esters is 1. The van der Waals surface area contributed by atoms with Crippen LogP contribution < -0.4 is 4.74 Å². The summed E-state index contributed by atoms with van der Waals surface area (Å²) in [7, 11) is 0. The second-order valence-corrected chi connectivity index (χ2v) is 2.84. The van der Waals surface area contributed by atoms with Crippen LogP contribution in [0.3, 0.4) is 0 Å². The van der Waals surface area contributed by atoms with Gasteiger partial charge in [0.2, 0.25) is 0 Å². The molecule has 2 nitrogen and oxygen atoms in total. The van der Waals surface area contributed by atoms with Crippen LogP contribution in [-0.4, -0.2) is 11.1 Å². The molecule has 0 N–H and O–H groups in total. The fraction of sp³-hybridized carbons (Fsp3) is 0.125. The van der Waals surface area contributed by atoms with Gasteiger partial charge in [0.1, 0.15) is 5.75 Å². The van der Waals surface area contributed by atoms with E-state index in [4.69, 9.17) is 0 Å². The summed E-state index contributed by atoms with van der Waals surface area (Å²) in [5, 5.41) is -1.77. The SMILES string of the molecule is O=C(Oc1ccccc1)C(F)Br. The molecule has 12 heavy (non-hydrogen) atoms. The summed E-state index contributed by atoms with van der Waals surface area (Å²) in [5.41, 5.74) is 0. The highest BCUT2D eigenvalue weighted by Crippen LogP contribution is 2.11. The average molecular weight is 233 g/mol. The summed E-state index contributed by atoms with van der Waals surface area (Å²) in [6, 6.07) is 8.33. The fourth-order valence-corrected chi connectivity index (χ4v) is 0.743. The molecule has 0 aromatic heterocycles. The Bertz CT molecular complexity index is 261. The van der Waals surface area contributed by atoms with Gasteiger partial charge in [-0.3, -0.25) is 0 Å². The first kappa shape index (κ1) is 9.19. The first-order valence-corrected chi connectivity index (χ1v) is 4.16. The monoisotopic (exact) mass is 232 g/mol. The maximum Gasteiger partial charge on any atom is 0.357 e. The molecular formula is C8H6BrFO2. The van der Waals surface area contributed by atoms with Crippen molar-refractivity contribution >= 4 is 21.9 Å². The first-order chi connectivity index (χ1) is 5.70. The minimum Gasteiger partial charge on any atom is -0.424 e. The Morgan fingerprint density at radius 3 is 2.50 bits per heavy atom. The van der Waals surface area contributed by atoms with Crippen LogP contribution in [-0.2, 0) is 4.79 Å². The molecular weight excluding hydrogens is 227 g/mol. The largest absolute Gasteiger partial charge is 0.424 e. The number of alkyl halides is 2. The molecule has 0 aliphatic heterocycles. The molecule has 1 rings (SSSR count). The van der Waals surface area contributed by atoms with E-state index in [1.165, 1.54) is 0 Å². The van der Waals surface area contributed by atoms with E-state index in [0.717, 1.165) is 0 Å². The molecule has 1 atom stereocenters. The maximum absolute atomic E-state index is 12.2. The van der Waals surface area contributed by atoms with Gasteiger partial charge in [-0.05, 0) is 28.1 Å². The van der Waals surface area contributed by atoms with E-state index in [0.29, 0.717) is 5.75 Å². The molecule has 0 spiro atoms. The number of para-hydroxylation sites is 1. The molecule has 4 heteroatoms. The highest BCUT2D eigenvalue weighted by Gasteiger charge is 2.14. The van der Waals surface area contributed by atoms with Crippen molar-refractivity contribution in [1.29, 1.82) is 0 Å². The van der Waals surface area contributed by atoms with Crippen LogP contribution in [0.2, 0.25) is 0 Å². The summed E-state index contributed by atoms with van der Waals surface area (Å²) >= 11 is 2.46. The Morgan fingerprint density at radius 1 is 1.42 bits per heavy atom. The molecule has 0 saturated heterocycles. The van der Waals surface area contributed by atoms with Gasteiger partial charge in [-0.15, -0.1) is 0 Å². The zero-order chi connectivity index (χ0) is 8.97. The highest BCUT2D eigenvalue weighted by molar-refractivity contribution is 9.09. The second-order valence-electron chi connectivity index (χ2n) is 2.03. The smallest absolute Gasteiger partial charge is 0.357 e. The Balaban J connectivity index is 2.59. The van der Waals surface area contributed by atoms with Crippen molar-refractivity contribution < 1.29 is 13.9 Å². The lowest BCUT2D eigenvalue weighted by molar-refractivity contribution is -0.136. The molecule has 0 fully saturated rings. The van der Waals surface area contributed by atoms with Gasteiger partial charge in [-0.25, -0.2) is 9.18 Å². The molecule has 0 bridgehead atoms. The van der Waals surface area contributed by atoms with Crippen LogP contribution in [0.1, 0.15) is 0 Å². The van der Waals surface area contributed by atoms with Crippen LogP contribution >= 0.6 is 15.9 Å². The summed E-state index contributed by atoms with van der Waals surface area (Å²) < 4.78 is 16.8. The van der Waals surface area contributed by atoms with Gasteiger partial charge in [0.15, 0.2) is 0 Å². The number of hydrogen-bond acceptors (Lipinski definition) is 2. The molecule has 1 unspecified atom stereocenters. The van der Waals surface area contributed by atoms with E-state index < -0.39 is 11.1 Å². The molecule has 0 heterocycles. The Labute approximate surface area is 77.5 Å². The van der Waals surface area contributed by atoms with Crippen molar-refractivity contribution in [2.24, 2.45) is 0 Å². The van der Waals surface area contributed by atoms with E-state index in [1.54, 1.807) is 30.3 Å². The number of carbonyl (C=O) groups is 1. The van der Waals surface area contributed by atoms with Crippen molar-refractivity contribution in [3.63, 3.8) is 0 Å². The van der Waals surface area contributed by atoms with Gasteiger partial charge in [0, 0.05) is 0 Å². The summed E-state index contributed by atoms with van der Waals surface area (Å²) in [6.45, 7) is 0. The van der Waals surface area contributed by atoms with Crippen LogP contribution in [0.5, 0.6) is 5.75 Å². The fourth-order valence-electron chi connectivity index (χ4n) is 0.649. The third-order valence-electron chi connectivity index (χ3n) is 1.14. The second kappa shape index (κ2) is 4.21. The molecule has 1 aromatic rings. The normalized spacial score (nSPS) is 12.2. The van der Waals surface area contributed by atoms with E-state index in [2.05, 4.69) is 20.7 Å². The average Bonchev–Trinajstić information content (AvgIpc) is 2.06. The van der Waals surface area contributed by atoms with Gasteiger partial charge >= 0.3 is 5.97 Å². The minimum atomic E-state index is -1.77. The predicted molar refractivity (Wildman–Crippen MR) is 45.9 cm³/mol. The number of hydrogen-bond donors (Lipinski definition) is 0. The topological polar surface area (TPSA) is 26.3 Å². The third-order valence-corrected chi connectivity index (χ3v) is 1.51. The number of rotatable bonds is 2. The van der Waals surface area contributed by atoms with Gasteiger partial charge in [-0.1, -0.05) is 18.2 Å². The molecule has 1 aromatic carbocycles. The third kappa shape index (κ3) is 2.62. The molecule has 0 saturated carbocycles. The number of benzene rings is 1. The lowest BCUT2D eigenvalue weighted by Gasteiger charge is -2.02. The van der Waals surface area contributed by atoms with Crippen LogP contribution in [0.15, 0.2) is 30.3 Å². The zero-order valence-corrected chi connectivity index (χ0v) is 7.62. The summed E-state index contributed by atoms with van der Waals surface area (Å²) in [6.07, 6.45) is 0. The van der Waals surface area contributed by atoms with Crippen LogP contribution in [0.25, 0.3) is 0 Å². The van der Waals surface area contributed by atoms with E-state index in [9.17, 15) is 9.18 Å². The van der Waals surface area contributed by atoms with Gasteiger partial charge in [-0.2, -0.15) is 0 Å². The van der Waals surface area contributed by atoms with Crippen LogP contribution in [0.4, 0.5) is 4.39 Å². The first-order valence-electron chi connectivity index (χ1n) is 3.25. The highest BCUT2D eigenvalue weighted by atomic mass is 79.9. The number of carbonyl (C=O) groups excluding carboxylic acids is 1. The van der Waals surface area contributed by atoms with Crippen molar-refractivity contribution in [3.8, 4) is 5.75 Å². The minimum absolute atomic E-state index is 0.338. The van der Waals surface area contributed by atoms with Crippen molar-refractivity contribution in [1.82, 2.24) is 0 Å². The number of halogens is 2. The Hall–Kier alpha value is -0.900. The molecule has 0 aliphatic carbocycles. The van der Waals surface area contributed by atoms with Gasteiger partial charge in [0.25, 0.3) is 5.08 Å². The van der Waals surface area contributed by atoms with Crippen molar-refractivity contribution in [2.45, 2.75) is 5.08 Å². The lowest BCUT2D eigenvalue weighted by atomic mass is 10.3. The molecule has 0 radical (unpaired) electrons. The lowest BCUT2D eigenvalue weighted by Crippen LogP contribution is -2.15. The Kier molecular flexibility index (Phi) is 3.22. The van der Waals surface area contributed by atoms with Gasteiger partial charge in [0.05, 0.1) is 0 Å². The molecule has 0 amide bonds. The van der Waals surface area contributed by atoms with Crippen molar-refractivity contribution in [2.75, 3.05) is 0 Å². The van der Waals surface area contributed by atoms with Gasteiger partial charge < -0.3 is 4.74 Å². The maximum atomic E-state index is 12.2. The standard InChI is InChI=1S/C8H6BrFO2/c9-7(10)8(11)12-6-4-2-1-3-5-6/h1-5,7H. The van der Waals surface area contributed by atoms with E-state index in [1.807, 2.05) is 0 Å². The van der Waals surface area contributed by atoms with E-state index in [-0.39, 0.29) is 0 Å². The summed E-state index contributed by atoms with van der Waals surface area (Å²) in [4.78, 5) is 10.7. The van der Waals surface area contributed by atoms with E-state index >= 15 is 0 Å². The zero-order valence-electron chi connectivity index (χ0n) is 6.04. The Morgan fingerprint density at radius 2 is 2.00 bits per heavy atom. The quantitative estimate of drug-likeness (QED) is 0.445. The van der Waals surface area contributed by atoms with Crippen LogP contribution in [0, 0.1) is 0 Å². The number of ether oxygens (including phenoxy) is 1. The van der Waals surface area contributed by atoms with Crippen molar-refractivity contribution in [3.05, 3.63) is 30.3 Å². The summed E-state index contributed by atoms with van der Waals surface area (Å²) in [5.74, 6) is -0.606.